The van der Waals surface area contributed by atoms with Crippen molar-refractivity contribution in [2.45, 2.75) is 0 Å². The summed E-state index contributed by atoms with van der Waals surface area (Å²) in [5.74, 6) is -66.4. The number of ketones is 2. The van der Waals surface area contributed by atoms with Crippen LogP contribution in [0.15, 0.2) is 36.4 Å². The van der Waals surface area contributed by atoms with Gasteiger partial charge in [-0.15, -0.1) is 0 Å². The van der Waals surface area contributed by atoms with Gasteiger partial charge >= 0.3 is 13.8 Å². The molecular weight excluding hydrogens is 922 g/mol. The summed E-state index contributed by atoms with van der Waals surface area (Å²) in [6.07, 6.45) is 0. The SMILES string of the molecule is O=C1c2ccccc2C(=O)c2c(OB(c3c(F)c(F)c(F)c(F)c3F)c3c(F)c(F)c(F)c(F)c3F)ccc(OB(c3c(F)c(F)c(F)c(F)c3F)c3c(F)c(F)c(F)c(F)c3F)c21. The number of carbonyl (C=O) groups is 2. The lowest BCUT2D eigenvalue weighted by Crippen LogP contribution is -2.55. The van der Waals surface area contributed by atoms with E-state index >= 15 is 35.1 Å². The molecule has 7 rings (SSSR count). The topological polar surface area (TPSA) is 52.6 Å². The van der Waals surface area contributed by atoms with Gasteiger partial charge in [-0.05, 0) is 12.1 Å². The van der Waals surface area contributed by atoms with Gasteiger partial charge in [0.25, 0.3) is 0 Å². The summed E-state index contributed by atoms with van der Waals surface area (Å²) in [6.45, 7) is -7.61. The summed E-state index contributed by atoms with van der Waals surface area (Å²) in [7, 11) is 0. The largest absolute Gasteiger partial charge is 0.551 e. The highest BCUT2D eigenvalue weighted by atomic mass is 19.2. The van der Waals surface area contributed by atoms with Crippen LogP contribution in [-0.2, 0) is 0 Å². The molecule has 26 heteroatoms. The van der Waals surface area contributed by atoms with Crippen LogP contribution in [0.3, 0.4) is 0 Å². The Hall–Kier alpha value is -7.01. The van der Waals surface area contributed by atoms with Crippen LogP contribution in [-0.4, -0.2) is 25.4 Å². The Bertz CT molecular complexity index is 2630. The molecule has 0 heterocycles. The monoisotopic (exact) mass is 928 g/mol. The Balaban J connectivity index is 1.56. The van der Waals surface area contributed by atoms with E-state index in [-0.39, 0.29) is 12.1 Å². The smallest absolute Gasteiger partial charge is 0.438 e. The van der Waals surface area contributed by atoms with Gasteiger partial charge < -0.3 is 9.31 Å². The van der Waals surface area contributed by atoms with E-state index in [1.807, 2.05) is 0 Å². The summed E-state index contributed by atoms with van der Waals surface area (Å²) in [6, 6.07) is 3.79. The predicted octanol–water partition coefficient (Wildman–Crippen LogP) is 7.61. The average Bonchev–Trinajstić information content (AvgIpc) is 3.28. The lowest BCUT2D eigenvalue weighted by atomic mass is 9.54. The number of rotatable bonds is 8. The molecule has 4 nitrogen and oxygen atoms in total. The predicted molar refractivity (Wildman–Crippen MR) is 176 cm³/mol. The van der Waals surface area contributed by atoms with Crippen molar-refractivity contribution in [3.05, 3.63) is 175 Å². The number of carbonyl (C=O) groups excluding carboxylic acids is 2. The molecule has 0 N–H and O–H groups in total. The maximum absolute atomic E-state index is 15.4. The standard InChI is InChI=1S/C38H6B2F20O4/c41-17-13(18(42)26(50)33(57)25(17)49)39(14-19(43)27(51)34(58)28(52)20(14)44)63-9-5-6-10(12-11(9)37(61)7-3-1-2-4-8(7)38(12)62)64-40(15-21(45)29(53)35(59)30(54)22(15)46)16-23(47)31(55)36(60)32(56)24(16)48/h1-6H. The molecule has 1 aliphatic carbocycles. The lowest BCUT2D eigenvalue weighted by molar-refractivity contribution is 0.0976. The second-order valence-corrected chi connectivity index (χ2v) is 12.9. The molecule has 0 spiro atoms. The van der Waals surface area contributed by atoms with E-state index in [0.29, 0.717) is 0 Å². The Morgan fingerprint density at radius 2 is 0.469 bits per heavy atom. The van der Waals surface area contributed by atoms with Crippen LogP contribution < -0.4 is 31.2 Å². The van der Waals surface area contributed by atoms with Crippen LogP contribution in [0.2, 0.25) is 0 Å². The molecular formula is C38H6B2F20O4. The highest BCUT2D eigenvalue weighted by Gasteiger charge is 2.47. The summed E-state index contributed by atoms with van der Waals surface area (Å²) in [5, 5.41) is 0. The summed E-state index contributed by atoms with van der Waals surface area (Å²) in [5.41, 5.74) is -14.9. The van der Waals surface area contributed by atoms with Crippen molar-refractivity contribution >= 4 is 47.2 Å². The normalized spacial score (nSPS) is 12.1. The van der Waals surface area contributed by atoms with Crippen molar-refractivity contribution < 1.29 is 107 Å². The summed E-state index contributed by atoms with van der Waals surface area (Å²) in [4.78, 5) is 28.2. The van der Waals surface area contributed by atoms with Gasteiger partial charge in [0, 0.05) is 33.0 Å². The first kappa shape index (κ1) is 45.0. The Kier molecular flexibility index (Phi) is 11.2. The average molecular weight is 928 g/mol. The Labute approximate surface area is 340 Å². The zero-order valence-electron chi connectivity index (χ0n) is 29.8. The molecule has 0 saturated carbocycles. The fourth-order valence-corrected chi connectivity index (χ4v) is 6.55. The first-order chi connectivity index (χ1) is 30.0. The third-order valence-corrected chi connectivity index (χ3v) is 9.51. The van der Waals surface area contributed by atoms with Crippen molar-refractivity contribution in [2.24, 2.45) is 0 Å². The van der Waals surface area contributed by atoms with Crippen molar-refractivity contribution in [1.29, 1.82) is 0 Å². The molecule has 0 aliphatic heterocycles. The van der Waals surface area contributed by atoms with Crippen molar-refractivity contribution in [3.8, 4) is 11.5 Å². The molecule has 0 saturated heterocycles. The third kappa shape index (κ3) is 6.50. The van der Waals surface area contributed by atoms with Gasteiger partial charge in [0.1, 0.15) is 11.5 Å². The van der Waals surface area contributed by atoms with E-state index in [9.17, 15) is 62.3 Å². The van der Waals surface area contributed by atoms with E-state index < -0.39 is 197 Å². The van der Waals surface area contributed by atoms with Gasteiger partial charge in [0.05, 0.1) is 11.1 Å². The maximum atomic E-state index is 15.4. The van der Waals surface area contributed by atoms with Gasteiger partial charge in [-0.2, -0.15) is 0 Å². The van der Waals surface area contributed by atoms with Crippen LogP contribution in [0.1, 0.15) is 31.8 Å². The number of hydrogen-bond donors (Lipinski definition) is 0. The Morgan fingerprint density at radius 3 is 0.672 bits per heavy atom. The van der Waals surface area contributed by atoms with Gasteiger partial charge in [-0.1, -0.05) is 24.3 Å². The zero-order chi connectivity index (χ0) is 47.3. The lowest BCUT2D eigenvalue weighted by Gasteiger charge is -2.27. The van der Waals surface area contributed by atoms with Crippen molar-refractivity contribution in [3.63, 3.8) is 0 Å². The van der Waals surface area contributed by atoms with Crippen LogP contribution in [0, 0.1) is 116 Å². The van der Waals surface area contributed by atoms with E-state index in [2.05, 4.69) is 0 Å². The molecule has 0 bridgehead atoms. The Morgan fingerprint density at radius 1 is 0.281 bits per heavy atom. The molecule has 6 aromatic carbocycles. The summed E-state index contributed by atoms with van der Waals surface area (Å²) >= 11 is 0. The minimum atomic E-state index is -3.81. The van der Waals surface area contributed by atoms with Crippen LogP contribution in [0.25, 0.3) is 0 Å². The van der Waals surface area contributed by atoms with Gasteiger partial charge in [0.2, 0.25) is 0 Å². The third-order valence-electron chi connectivity index (χ3n) is 9.51. The molecule has 0 fully saturated rings. The van der Waals surface area contributed by atoms with E-state index in [0.717, 1.165) is 24.3 Å². The highest BCUT2D eigenvalue weighted by molar-refractivity contribution is 6.81. The molecule has 328 valence electrons. The van der Waals surface area contributed by atoms with E-state index in [1.54, 1.807) is 0 Å². The van der Waals surface area contributed by atoms with E-state index in [4.69, 9.17) is 9.31 Å². The van der Waals surface area contributed by atoms with E-state index in [1.165, 1.54) is 0 Å². The second kappa shape index (κ2) is 16.0. The highest BCUT2D eigenvalue weighted by Crippen LogP contribution is 2.40. The van der Waals surface area contributed by atoms with Gasteiger partial charge in [-0.25, -0.2) is 87.8 Å². The van der Waals surface area contributed by atoms with Crippen molar-refractivity contribution in [1.82, 2.24) is 0 Å². The molecule has 0 radical (unpaired) electrons. The molecule has 0 amide bonds. The van der Waals surface area contributed by atoms with Gasteiger partial charge in [-0.3, -0.25) is 9.59 Å². The number of halogens is 20. The van der Waals surface area contributed by atoms with Gasteiger partial charge in [0.15, 0.2) is 128 Å². The maximum Gasteiger partial charge on any atom is 0.438 e. The van der Waals surface area contributed by atoms with Crippen LogP contribution in [0.5, 0.6) is 11.5 Å². The quantitative estimate of drug-likeness (QED) is 0.0683. The van der Waals surface area contributed by atoms with Crippen molar-refractivity contribution in [2.75, 3.05) is 0 Å². The number of benzene rings is 6. The molecule has 1 aliphatic rings. The zero-order valence-corrected chi connectivity index (χ0v) is 29.8. The first-order valence-corrected chi connectivity index (χ1v) is 16.7. The minimum Gasteiger partial charge on any atom is -0.551 e. The molecule has 0 aromatic heterocycles. The first-order valence-electron chi connectivity index (χ1n) is 16.7. The molecule has 0 atom stereocenters. The second-order valence-electron chi connectivity index (χ2n) is 12.9. The number of hydrogen-bond acceptors (Lipinski definition) is 4. The van der Waals surface area contributed by atoms with Crippen LogP contribution >= 0.6 is 0 Å². The number of fused-ring (bicyclic) bond motifs is 2. The fourth-order valence-electron chi connectivity index (χ4n) is 6.55. The molecule has 64 heavy (non-hydrogen) atoms. The summed E-state index contributed by atoms with van der Waals surface area (Å²) < 4.78 is 306. The molecule has 0 unspecified atom stereocenters. The molecule has 6 aromatic rings. The minimum absolute atomic E-state index is 0.0759. The van der Waals surface area contributed by atoms with Crippen LogP contribution in [0.4, 0.5) is 87.8 Å². The fraction of sp³-hybridized carbons (Fsp3) is 0.